The second-order valence-corrected chi connectivity index (χ2v) is 16.3. The largest absolute Gasteiger partial charge is 0.544 e. The van der Waals surface area contributed by atoms with Gasteiger partial charge < -0.3 is 28.6 Å². The molecule has 324 valence electrons. The number of hydrogen-bond donors (Lipinski definition) is 0. The highest BCUT2D eigenvalue weighted by atomic mass is 16.6. The van der Waals surface area contributed by atoms with Crippen molar-refractivity contribution in [3.05, 3.63) is 48.6 Å². The summed E-state index contributed by atoms with van der Waals surface area (Å²) in [7, 11) is 5.39. The number of ether oxygens (including phenoxy) is 3. The molecule has 0 aromatic heterocycles. The van der Waals surface area contributed by atoms with Crippen molar-refractivity contribution in [3.63, 3.8) is 0 Å². The molecule has 0 heterocycles. The monoisotopic (exact) mass is 788 g/mol. The molecule has 0 amide bonds. The number of quaternary nitrogens is 1. The lowest BCUT2D eigenvalue weighted by molar-refractivity contribution is -0.889. The molecule has 8 heteroatoms. The number of esters is 2. The molecule has 0 aromatic carbocycles. The molecule has 0 aliphatic carbocycles. The summed E-state index contributed by atoms with van der Waals surface area (Å²) in [5.41, 5.74) is 0. The third kappa shape index (κ3) is 36.9. The summed E-state index contributed by atoms with van der Waals surface area (Å²) in [6.45, 7) is 4.56. The predicted molar refractivity (Wildman–Crippen MR) is 231 cm³/mol. The fraction of sp³-hybridized carbons (Fsp3) is 0.771. The standard InChI is InChI=1S/C48H85NO7/c1-6-8-10-12-14-16-18-20-21-22-23-24-25-27-29-31-33-35-37-39-47(51)56-44(42-54-41-40-45(48(52)53)49(3,4)5)43-55-46(50)38-36-34-32-30-28-26-19-17-15-13-11-9-7-2/h14,16,18,20,26,28,32,34,44-45H,6-13,15,17,19,21-25,27,29-31,33,35-43H2,1-5H3/b16-14+,20-18+,28-26+,34-32+. The average molecular weight is 788 g/mol. The number of carboxylic acids is 1. The number of rotatable bonds is 40. The number of aliphatic carboxylic acids is 1. The van der Waals surface area contributed by atoms with Crippen LogP contribution in [0.5, 0.6) is 0 Å². The minimum Gasteiger partial charge on any atom is -0.544 e. The van der Waals surface area contributed by atoms with Gasteiger partial charge in [-0.2, -0.15) is 0 Å². The number of likely N-dealkylation sites (N-methyl/N-ethyl adjacent to an activating group) is 1. The van der Waals surface area contributed by atoms with E-state index in [-0.39, 0.29) is 49.1 Å². The van der Waals surface area contributed by atoms with Crippen molar-refractivity contribution in [2.75, 3.05) is 41.0 Å². The lowest BCUT2D eigenvalue weighted by Gasteiger charge is -2.34. The third-order valence-corrected chi connectivity index (χ3v) is 9.98. The van der Waals surface area contributed by atoms with E-state index in [4.69, 9.17) is 14.2 Å². The zero-order valence-electron chi connectivity index (χ0n) is 36.8. The van der Waals surface area contributed by atoms with E-state index in [9.17, 15) is 19.5 Å². The first kappa shape index (κ1) is 53.3. The molecular formula is C48H85NO7. The van der Waals surface area contributed by atoms with E-state index >= 15 is 0 Å². The molecule has 2 atom stereocenters. The topological polar surface area (TPSA) is 102 Å². The Morgan fingerprint density at radius 2 is 1.04 bits per heavy atom. The van der Waals surface area contributed by atoms with E-state index in [1.165, 1.54) is 116 Å². The number of allylic oxidation sites excluding steroid dienone is 8. The molecular weight excluding hydrogens is 703 g/mol. The van der Waals surface area contributed by atoms with Gasteiger partial charge in [0.15, 0.2) is 6.10 Å². The smallest absolute Gasteiger partial charge is 0.306 e. The van der Waals surface area contributed by atoms with Gasteiger partial charge in [-0.1, -0.05) is 159 Å². The molecule has 0 N–H and O–H groups in total. The lowest BCUT2D eigenvalue weighted by atomic mass is 10.1. The van der Waals surface area contributed by atoms with Crippen LogP contribution >= 0.6 is 0 Å². The molecule has 0 aliphatic heterocycles. The van der Waals surface area contributed by atoms with Crippen LogP contribution in [0.15, 0.2) is 48.6 Å². The highest BCUT2D eigenvalue weighted by Crippen LogP contribution is 2.14. The minimum absolute atomic E-state index is 0.0220. The van der Waals surface area contributed by atoms with Gasteiger partial charge in [0.2, 0.25) is 0 Å². The molecule has 56 heavy (non-hydrogen) atoms. The molecule has 0 saturated carbocycles. The Balaban J connectivity index is 4.37. The van der Waals surface area contributed by atoms with E-state index in [0.29, 0.717) is 12.8 Å². The summed E-state index contributed by atoms with van der Waals surface area (Å²) in [4.78, 5) is 36.8. The SMILES string of the molecule is CCCCC/C=C/C=C/CCCCCCCCCCCCC(=O)OC(COCCC(C(=O)[O-])[N+](C)(C)C)COC(=O)CC/C=C/C/C=C/CCCCCCCC. The van der Waals surface area contributed by atoms with Crippen LogP contribution in [0.3, 0.4) is 0 Å². The summed E-state index contributed by atoms with van der Waals surface area (Å²) in [6.07, 6.45) is 45.7. The second-order valence-electron chi connectivity index (χ2n) is 16.3. The van der Waals surface area contributed by atoms with Crippen LogP contribution in [-0.4, -0.2) is 75.5 Å². The van der Waals surface area contributed by atoms with Crippen molar-refractivity contribution in [2.45, 2.75) is 199 Å². The zero-order valence-corrected chi connectivity index (χ0v) is 36.8. The molecule has 0 saturated heterocycles. The van der Waals surface area contributed by atoms with Crippen molar-refractivity contribution in [1.29, 1.82) is 0 Å². The first-order chi connectivity index (χ1) is 27.1. The van der Waals surface area contributed by atoms with Crippen LogP contribution in [0.25, 0.3) is 0 Å². The summed E-state index contributed by atoms with van der Waals surface area (Å²) in [6, 6.07) is -0.734. The Morgan fingerprint density at radius 1 is 0.554 bits per heavy atom. The van der Waals surface area contributed by atoms with Crippen LogP contribution in [0.2, 0.25) is 0 Å². The molecule has 0 rings (SSSR count). The van der Waals surface area contributed by atoms with Crippen LogP contribution < -0.4 is 5.11 Å². The third-order valence-electron chi connectivity index (χ3n) is 9.98. The lowest BCUT2D eigenvalue weighted by Crippen LogP contribution is -2.55. The Labute approximate surface area is 344 Å². The molecule has 0 spiro atoms. The molecule has 0 radical (unpaired) electrons. The summed E-state index contributed by atoms with van der Waals surface area (Å²) < 4.78 is 17.1. The fourth-order valence-electron chi connectivity index (χ4n) is 6.41. The first-order valence-corrected chi connectivity index (χ1v) is 22.7. The second kappa shape index (κ2) is 39.1. The van der Waals surface area contributed by atoms with Gasteiger partial charge in [-0.05, 0) is 57.8 Å². The van der Waals surface area contributed by atoms with Gasteiger partial charge in [0.05, 0.1) is 40.3 Å². The normalized spacial score (nSPS) is 13.4. The summed E-state index contributed by atoms with van der Waals surface area (Å²) >= 11 is 0. The van der Waals surface area contributed by atoms with E-state index < -0.39 is 18.1 Å². The molecule has 8 nitrogen and oxygen atoms in total. The average Bonchev–Trinajstić information content (AvgIpc) is 3.15. The number of carbonyl (C=O) groups excluding carboxylic acids is 3. The van der Waals surface area contributed by atoms with Crippen LogP contribution in [0, 0.1) is 0 Å². The number of carboxylic acid groups (broad SMARTS) is 1. The van der Waals surface area contributed by atoms with Gasteiger partial charge in [0.1, 0.15) is 12.6 Å². The Hall–Kier alpha value is -2.71. The highest BCUT2D eigenvalue weighted by molar-refractivity contribution is 5.70. The maximum absolute atomic E-state index is 12.7. The van der Waals surface area contributed by atoms with Gasteiger partial charge in [0, 0.05) is 19.3 Å². The highest BCUT2D eigenvalue weighted by Gasteiger charge is 2.25. The Morgan fingerprint density at radius 3 is 1.59 bits per heavy atom. The molecule has 0 fully saturated rings. The van der Waals surface area contributed by atoms with Gasteiger partial charge in [0.25, 0.3) is 0 Å². The molecule has 0 aliphatic rings. The molecule has 0 aromatic rings. The van der Waals surface area contributed by atoms with E-state index in [1.807, 2.05) is 6.08 Å². The molecule has 0 bridgehead atoms. The summed E-state index contributed by atoms with van der Waals surface area (Å²) in [5.74, 6) is -1.82. The van der Waals surface area contributed by atoms with Crippen LogP contribution in [-0.2, 0) is 28.6 Å². The number of unbranched alkanes of at least 4 members (excludes halogenated alkanes) is 19. The fourth-order valence-corrected chi connectivity index (χ4v) is 6.41. The number of carbonyl (C=O) groups is 3. The number of hydrogen-bond acceptors (Lipinski definition) is 7. The van der Waals surface area contributed by atoms with E-state index in [0.717, 1.165) is 32.1 Å². The summed E-state index contributed by atoms with van der Waals surface area (Å²) in [5, 5.41) is 11.6. The van der Waals surface area contributed by atoms with Gasteiger partial charge in [-0.25, -0.2) is 0 Å². The number of nitrogens with zero attached hydrogens (tertiary/aromatic N) is 1. The van der Waals surface area contributed by atoms with Gasteiger partial charge in [-0.15, -0.1) is 0 Å². The van der Waals surface area contributed by atoms with Crippen molar-refractivity contribution in [2.24, 2.45) is 0 Å². The predicted octanol–water partition coefficient (Wildman–Crippen LogP) is 11.1. The Bertz CT molecular complexity index is 1060. The van der Waals surface area contributed by atoms with Crippen molar-refractivity contribution in [3.8, 4) is 0 Å². The van der Waals surface area contributed by atoms with E-state index in [2.05, 4.69) is 56.4 Å². The maximum Gasteiger partial charge on any atom is 0.306 e. The van der Waals surface area contributed by atoms with E-state index in [1.54, 1.807) is 21.1 Å². The van der Waals surface area contributed by atoms with Crippen LogP contribution in [0.4, 0.5) is 0 Å². The quantitative estimate of drug-likeness (QED) is 0.0200. The Kier molecular flexibility index (Phi) is 37.2. The van der Waals surface area contributed by atoms with Gasteiger partial charge >= 0.3 is 11.9 Å². The first-order valence-electron chi connectivity index (χ1n) is 22.7. The minimum atomic E-state index is -1.13. The van der Waals surface area contributed by atoms with Crippen molar-refractivity contribution in [1.82, 2.24) is 0 Å². The zero-order chi connectivity index (χ0) is 41.4. The maximum atomic E-state index is 12.7. The van der Waals surface area contributed by atoms with Crippen molar-refractivity contribution < 1.29 is 38.2 Å². The van der Waals surface area contributed by atoms with Crippen molar-refractivity contribution >= 4 is 17.9 Å². The van der Waals surface area contributed by atoms with Crippen LogP contribution in [0.1, 0.15) is 187 Å². The van der Waals surface area contributed by atoms with Gasteiger partial charge in [-0.3, -0.25) is 9.59 Å². The molecule has 2 unspecified atom stereocenters.